The van der Waals surface area contributed by atoms with E-state index in [9.17, 15) is 4.39 Å². The van der Waals surface area contributed by atoms with Gasteiger partial charge in [0.15, 0.2) is 0 Å². The van der Waals surface area contributed by atoms with Crippen molar-refractivity contribution in [3.05, 3.63) is 23.5 Å². The summed E-state index contributed by atoms with van der Waals surface area (Å²) in [5.74, 6) is 0.885. The minimum absolute atomic E-state index is 0.00188. The lowest BCUT2D eigenvalue weighted by molar-refractivity contribution is 0.269. The summed E-state index contributed by atoms with van der Waals surface area (Å²) in [7, 11) is 0. The molecule has 0 fully saturated rings. The zero-order valence-electron chi connectivity index (χ0n) is 8.49. The number of anilines is 1. The molecule has 0 saturated carbocycles. The average Bonchev–Trinajstić information content (AvgIpc) is 2.26. The molecule has 2 rings (SSSR count). The molecule has 0 spiro atoms. The summed E-state index contributed by atoms with van der Waals surface area (Å²) in [4.78, 5) is 4.15. The fourth-order valence-electron chi connectivity index (χ4n) is 1.52. The minimum Gasteiger partial charge on any atom is -0.490 e. The molecule has 0 unspecified atom stereocenters. The standard InChI is InChI=1S/C10H11ClFN3O/c11-15-3-1-8-7(6-15)9(16-4-2-12)5-10(13)14-8/h1,3,5H,2,4,6H2,(H2,13,14). The van der Waals surface area contributed by atoms with E-state index in [2.05, 4.69) is 4.98 Å². The van der Waals surface area contributed by atoms with Crippen LogP contribution in [-0.4, -0.2) is 22.7 Å². The molecule has 0 saturated heterocycles. The molecule has 4 nitrogen and oxygen atoms in total. The van der Waals surface area contributed by atoms with E-state index in [1.54, 1.807) is 18.3 Å². The van der Waals surface area contributed by atoms with E-state index in [0.29, 0.717) is 23.8 Å². The lowest BCUT2D eigenvalue weighted by Gasteiger charge is -2.20. The highest BCUT2D eigenvalue weighted by atomic mass is 35.5. The van der Waals surface area contributed by atoms with E-state index in [1.807, 2.05) is 0 Å². The fourth-order valence-corrected chi connectivity index (χ4v) is 1.69. The van der Waals surface area contributed by atoms with Crippen molar-refractivity contribution in [2.75, 3.05) is 19.0 Å². The first-order valence-electron chi connectivity index (χ1n) is 4.79. The lowest BCUT2D eigenvalue weighted by atomic mass is 10.1. The fraction of sp³-hybridized carbons (Fsp3) is 0.300. The molecule has 1 aliphatic rings. The monoisotopic (exact) mass is 243 g/mol. The van der Waals surface area contributed by atoms with Crippen molar-refractivity contribution in [2.45, 2.75) is 6.54 Å². The molecule has 0 aliphatic carbocycles. The third kappa shape index (κ3) is 2.19. The number of nitrogens with zero attached hydrogens (tertiary/aromatic N) is 2. The molecular formula is C10H11ClFN3O. The Morgan fingerprint density at radius 3 is 3.19 bits per heavy atom. The van der Waals surface area contributed by atoms with Crippen molar-refractivity contribution < 1.29 is 9.13 Å². The van der Waals surface area contributed by atoms with Crippen LogP contribution in [0.4, 0.5) is 10.2 Å². The van der Waals surface area contributed by atoms with Crippen molar-refractivity contribution in [1.29, 1.82) is 0 Å². The number of pyridine rings is 1. The molecule has 1 aromatic rings. The van der Waals surface area contributed by atoms with Crippen molar-refractivity contribution in [2.24, 2.45) is 0 Å². The van der Waals surface area contributed by atoms with Gasteiger partial charge in [0.25, 0.3) is 0 Å². The molecule has 0 aromatic carbocycles. The third-order valence-corrected chi connectivity index (χ3v) is 2.41. The maximum Gasteiger partial charge on any atom is 0.130 e. The number of aromatic nitrogens is 1. The van der Waals surface area contributed by atoms with Crippen molar-refractivity contribution in [3.63, 3.8) is 0 Å². The van der Waals surface area contributed by atoms with Crippen LogP contribution in [-0.2, 0) is 6.54 Å². The number of nitrogens with two attached hydrogens (primary N) is 1. The zero-order chi connectivity index (χ0) is 11.5. The molecule has 1 aromatic heterocycles. The highest BCUT2D eigenvalue weighted by molar-refractivity contribution is 6.14. The first-order valence-corrected chi connectivity index (χ1v) is 5.13. The van der Waals surface area contributed by atoms with Gasteiger partial charge in [0.2, 0.25) is 0 Å². The Bertz CT molecular complexity index is 425. The SMILES string of the molecule is Nc1cc(OCCF)c2c(n1)C=CN(Cl)C2. The van der Waals surface area contributed by atoms with Crippen molar-refractivity contribution >= 4 is 23.7 Å². The van der Waals surface area contributed by atoms with E-state index in [4.69, 9.17) is 22.2 Å². The van der Waals surface area contributed by atoms with E-state index in [1.165, 1.54) is 4.42 Å². The van der Waals surface area contributed by atoms with Gasteiger partial charge < -0.3 is 10.5 Å². The molecule has 0 bridgehead atoms. The summed E-state index contributed by atoms with van der Waals surface area (Å²) in [5, 5.41) is 0. The Morgan fingerprint density at radius 1 is 1.62 bits per heavy atom. The maximum absolute atomic E-state index is 12.1. The minimum atomic E-state index is -0.544. The highest BCUT2D eigenvalue weighted by Crippen LogP contribution is 2.29. The molecule has 2 N–H and O–H groups in total. The molecule has 1 aliphatic heterocycles. The maximum atomic E-state index is 12.1. The predicted octanol–water partition coefficient (Wildman–Crippen LogP) is 1.95. The Balaban J connectivity index is 2.36. The molecule has 0 amide bonds. The lowest BCUT2D eigenvalue weighted by Crippen LogP contribution is -2.14. The van der Waals surface area contributed by atoms with Crippen LogP contribution in [0.1, 0.15) is 11.3 Å². The van der Waals surface area contributed by atoms with Crippen LogP contribution in [0.5, 0.6) is 5.75 Å². The number of hydrogen-bond donors (Lipinski definition) is 1. The zero-order valence-corrected chi connectivity index (χ0v) is 9.25. The number of hydrogen-bond acceptors (Lipinski definition) is 4. The second-order valence-electron chi connectivity index (χ2n) is 3.32. The number of fused-ring (bicyclic) bond motifs is 1. The van der Waals surface area contributed by atoms with E-state index < -0.39 is 6.67 Å². The summed E-state index contributed by atoms with van der Waals surface area (Å²) >= 11 is 5.85. The Hall–Kier alpha value is -1.49. The molecule has 0 atom stereocenters. The van der Waals surface area contributed by atoms with Gasteiger partial charge in [-0.05, 0) is 6.08 Å². The van der Waals surface area contributed by atoms with Gasteiger partial charge in [-0.2, -0.15) is 0 Å². The van der Waals surface area contributed by atoms with Crippen LogP contribution < -0.4 is 10.5 Å². The Morgan fingerprint density at radius 2 is 2.44 bits per heavy atom. The van der Waals surface area contributed by atoms with E-state index in [-0.39, 0.29) is 6.61 Å². The van der Waals surface area contributed by atoms with Gasteiger partial charge in [0.05, 0.1) is 12.2 Å². The van der Waals surface area contributed by atoms with Crippen LogP contribution in [0.15, 0.2) is 12.3 Å². The largest absolute Gasteiger partial charge is 0.490 e. The summed E-state index contributed by atoms with van der Waals surface area (Å²) < 4.78 is 18.8. The van der Waals surface area contributed by atoms with E-state index >= 15 is 0 Å². The number of halogens is 2. The topological polar surface area (TPSA) is 51.4 Å². The van der Waals surface area contributed by atoms with Crippen molar-refractivity contribution in [1.82, 2.24) is 9.40 Å². The highest BCUT2D eigenvalue weighted by Gasteiger charge is 2.16. The first-order chi connectivity index (χ1) is 7.70. The van der Waals surface area contributed by atoms with Crippen LogP contribution >= 0.6 is 11.8 Å². The second kappa shape index (κ2) is 4.57. The van der Waals surface area contributed by atoms with E-state index in [0.717, 1.165) is 5.56 Å². The van der Waals surface area contributed by atoms with Gasteiger partial charge in [-0.25, -0.2) is 9.37 Å². The summed E-state index contributed by atoms with van der Waals surface area (Å²) in [5.41, 5.74) is 7.16. The summed E-state index contributed by atoms with van der Waals surface area (Å²) in [6.45, 7) is -0.0817. The van der Waals surface area contributed by atoms with Gasteiger partial charge in [0.1, 0.15) is 24.8 Å². The molecule has 0 radical (unpaired) electrons. The average molecular weight is 244 g/mol. The first kappa shape index (κ1) is 11.0. The van der Waals surface area contributed by atoms with Gasteiger partial charge in [-0.1, -0.05) is 0 Å². The van der Waals surface area contributed by atoms with Crippen LogP contribution in [0.25, 0.3) is 6.08 Å². The quantitative estimate of drug-likeness (QED) is 0.825. The van der Waals surface area contributed by atoms with Crippen molar-refractivity contribution in [3.8, 4) is 5.75 Å². The van der Waals surface area contributed by atoms with Gasteiger partial charge in [-0.15, -0.1) is 0 Å². The van der Waals surface area contributed by atoms with Crippen LogP contribution in [0.3, 0.4) is 0 Å². The van der Waals surface area contributed by atoms with Gasteiger partial charge in [-0.3, -0.25) is 4.42 Å². The normalized spacial score (nSPS) is 13.8. The summed E-state index contributed by atoms with van der Waals surface area (Å²) in [6.07, 6.45) is 3.43. The Kier molecular flexibility index (Phi) is 3.14. The Labute approximate surface area is 97.6 Å². The number of rotatable bonds is 3. The van der Waals surface area contributed by atoms with Gasteiger partial charge in [0, 0.05) is 29.6 Å². The molecular weight excluding hydrogens is 233 g/mol. The number of nitrogen functional groups attached to an aromatic ring is 1. The smallest absolute Gasteiger partial charge is 0.130 e. The second-order valence-corrected chi connectivity index (χ2v) is 3.75. The number of ether oxygens (including phenoxy) is 1. The predicted molar refractivity (Wildman–Crippen MR) is 60.5 cm³/mol. The molecule has 2 heterocycles. The van der Waals surface area contributed by atoms with Gasteiger partial charge >= 0.3 is 0 Å². The molecule has 16 heavy (non-hydrogen) atoms. The summed E-state index contributed by atoms with van der Waals surface area (Å²) in [6, 6.07) is 1.58. The van der Waals surface area contributed by atoms with Crippen LogP contribution in [0.2, 0.25) is 0 Å². The van der Waals surface area contributed by atoms with Crippen LogP contribution in [0, 0.1) is 0 Å². The molecule has 6 heteroatoms. The molecule has 86 valence electrons. The number of alkyl halides is 1. The third-order valence-electron chi connectivity index (χ3n) is 2.17.